The van der Waals surface area contributed by atoms with Gasteiger partial charge in [0.2, 0.25) is 0 Å². The first-order chi connectivity index (χ1) is 15.1. The number of hydrogen-bond acceptors (Lipinski definition) is 5. The van der Waals surface area contributed by atoms with Crippen LogP contribution in [-0.4, -0.2) is 16.5 Å². The molecule has 1 aliphatic heterocycles. The summed E-state index contributed by atoms with van der Waals surface area (Å²) in [6, 6.07) is 16.2. The van der Waals surface area contributed by atoms with Gasteiger partial charge in [0.1, 0.15) is 0 Å². The molecule has 3 aliphatic rings. The maximum Gasteiger partial charge on any atom is 0.269 e. The molecule has 0 bridgehead atoms. The molecule has 0 aromatic heterocycles. The average Bonchev–Trinajstić information content (AvgIpc) is 2.79. The van der Waals surface area contributed by atoms with Crippen LogP contribution in [0.25, 0.3) is 0 Å². The van der Waals surface area contributed by atoms with Crippen LogP contribution in [0.15, 0.2) is 77.1 Å². The number of benzene rings is 2. The number of anilines is 1. The molecule has 0 spiro atoms. The van der Waals surface area contributed by atoms with Crippen LogP contribution in [0.3, 0.4) is 0 Å². The minimum Gasteiger partial charge on any atom is -0.317 e. The average molecular weight is 414 g/mol. The highest BCUT2D eigenvalue weighted by atomic mass is 16.6. The molecule has 0 radical (unpaired) electrons. The molecule has 0 unspecified atom stereocenters. The standard InChI is InChI=1S/C25H22N2O4/c28-21-10-4-8-19-24(21)23(16-12-14-18(15-13-16)27(30)31)25-20(9-5-11-22(25)29)26(19)17-6-2-1-3-7-17/h1-3,6-7,12-15,23H,4-5,8-11H2. The monoisotopic (exact) mass is 414 g/mol. The van der Waals surface area contributed by atoms with Crippen LogP contribution in [-0.2, 0) is 9.59 Å². The van der Waals surface area contributed by atoms with Crippen LogP contribution in [0, 0.1) is 10.1 Å². The van der Waals surface area contributed by atoms with Crippen LogP contribution in [0.1, 0.15) is 50.0 Å². The Balaban J connectivity index is 1.75. The molecule has 0 amide bonds. The van der Waals surface area contributed by atoms with E-state index in [0.29, 0.717) is 24.0 Å². The van der Waals surface area contributed by atoms with Gasteiger partial charge in [-0.3, -0.25) is 19.7 Å². The number of carbonyl (C=O) groups excluding carboxylic acids is 2. The molecule has 156 valence electrons. The van der Waals surface area contributed by atoms with E-state index in [-0.39, 0.29) is 17.3 Å². The van der Waals surface area contributed by atoms with Crippen molar-refractivity contribution in [3.05, 3.63) is 92.8 Å². The number of rotatable bonds is 3. The van der Waals surface area contributed by atoms with E-state index < -0.39 is 10.8 Å². The molecule has 6 nitrogen and oxygen atoms in total. The normalized spacial score (nSPS) is 19.4. The maximum atomic E-state index is 13.2. The van der Waals surface area contributed by atoms with Crippen molar-refractivity contribution >= 4 is 22.9 Å². The summed E-state index contributed by atoms with van der Waals surface area (Å²) in [6.45, 7) is 0. The highest BCUT2D eigenvalue weighted by molar-refractivity contribution is 6.07. The molecule has 5 rings (SSSR count). The molecule has 0 saturated carbocycles. The molecule has 0 atom stereocenters. The predicted octanol–water partition coefficient (Wildman–Crippen LogP) is 5.21. The Bertz CT molecular complexity index is 1100. The summed E-state index contributed by atoms with van der Waals surface area (Å²) in [7, 11) is 0. The fourth-order valence-corrected chi connectivity index (χ4v) is 5.13. The molecular formula is C25H22N2O4. The fraction of sp³-hybridized carbons (Fsp3) is 0.280. The van der Waals surface area contributed by atoms with Crippen molar-refractivity contribution in [1.29, 1.82) is 0 Å². The molecule has 6 heteroatoms. The molecule has 2 aromatic rings. The van der Waals surface area contributed by atoms with E-state index in [1.807, 2.05) is 30.3 Å². The van der Waals surface area contributed by atoms with E-state index >= 15 is 0 Å². The number of nitrogens with zero attached hydrogens (tertiary/aromatic N) is 2. The largest absolute Gasteiger partial charge is 0.317 e. The zero-order valence-electron chi connectivity index (χ0n) is 17.0. The number of nitro benzene ring substituents is 1. The number of para-hydroxylation sites is 1. The summed E-state index contributed by atoms with van der Waals surface area (Å²) in [5, 5.41) is 11.1. The predicted molar refractivity (Wildman–Crippen MR) is 117 cm³/mol. The lowest BCUT2D eigenvalue weighted by Crippen LogP contribution is -2.39. The number of non-ortho nitro benzene ring substituents is 1. The molecular weight excluding hydrogens is 392 g/mol. The third-order valence-corrected chi connectivity index (χ3v) is 6.43. The summed E-state index contributed by atoms with van der Waals surface area (Å²) >= 11 is 0. The summed E-state index contributed by atoms with van der Waals surface area (Å²) < 4.78 is 0. The number of nitro groups is 1. The van der Waals surface area contributed by atoms with Gasteiger partial charge < -0.3 is 4.90 Å². The Labute approximate surface area is 180 Å². The minimum atomic E-state index is -0.452. The second kappa shape index (κ2) is 7.61. The number of carbonyl (C=O) groups is 2. The van der Waals surface area contributed by atoms with E-state index in [0.717, 1.165) is 48.3 Å². The third-order valence-electron chi connectivity index (χ3n) is 6.43. The van der Waals surface area contributed by atoms with Crippen LogP contribution in [0.2, 0.25) is 0 Å². The maximum absolute atomic E-state index is 13.2. The highest BCUT2D eigenvalue weighted by Gasteiger charge is 2.43. The smallest absolute Gasteiger partial charge is 0.269 e. The van der Waals surface area contributed by atoms with E-state index in [9.17, 15) is 19.7 Å². The van der Waals surface area contributed by atoms with Crippen molar-refractivity contribution in [2.24, 2.45) is 0 Å². The number of ketones is 2. The van der Waals surface area contributed by atoms with Gasteiger partial charge in [0.25, 0.3) is 5.69 Å². The second-order valence-corrected chi connectivity index (χ2v) is 8.23. The van der Waals surface area contributed by atoms with Gasteiger partial charge in [0.05, 0.1) is 4.92 Å². The van der Waals surface area contributed by atoms with Crippen molar-refractivity contribution in [2.75, 3.05) is 4.90 Å². The van der Waals surface area contributed by atoms with Gasteiger partial charge in [0.15, 0.2) is 11.6 Å². The third kappa shape index (κ3) is 3.19. The Morgan fingerprint density at radius 3 is 1.84 bits per heavy atom. The second-order valence-electron chi connectivity index (χ2n) is 8.23. The highest BCUT2D eigenvalue weighted by Crippen LogP contribution is 2.50. The minimum absolute atomic E-state index is 0.00109. The summed E-state index contributed by atoms with van der Waals surface area (Å²) in [5.74, 6) is -0.322. The first kappa shape index (κ1) is 19.4. The number of allylic oxidation sites excluding steroid dienone is 4. The van der Waals surface area contributed by atoms with Crippen molar-refractivity contribution in [2.45, 2.75) is 44.4 Å². The lowest BCUT2D eigenvalue weighted by molar-refractivity contribution is -0.384. The Kier molecular flexibility index (Phi) is 4.77. The lowest BCUT2D eigenvalue weighted by Gasteiger charge is -2.44. The van der Waals surface area contributed by atoms with Crippen molar-refractivity contribution in [3.8, 4) is 0 Å². The molecule has 0 fully saturated rings. The molecule has 1 heterocycles. The molecule has 2 aliphatic carbocycles. The zero-order valence-corrected chi connectivity index (χ0v) is 17.0. The van der Waals surface area contributed by atoms with E-state index in [1.54, 1.807) is 12.1 Å². The van der Waals surface area contributed by atoms with Gasteiger partial charge in [-0.05, 0) is 43.4 Å². The first-order valence-electron chi connectivity index (χ1n) is 10.7. The molecule has 0 N–H and O–H groups in total. The van der Waals surface area contributed by atoms with Crippen molar-refractivity contribution in [1.82, 2.24) is 0 Å². The van der Waals surface area contributed by atoms with Gasteiger partial charge in [0, 0.05) is 59.1 Å². The first-order valence-corrected chi connectivity index (χ1v) is 10.7. The van der Waals surface area contributed by atoms with Crippen LogP contribution >= 0.6 is 0 Å². The quantitative estimate of drug-likeness (QED) is 0.509. The van der Waals surface area contributed by atoms with Crippen LogP contribution < -0.4 is 4.90 Å². The number of Topliss-reactive ketones (excluding diaryl/α,β-unsaturated/α-hetero) is 2. The van der Waals surface area contributed by atoms with E-state index in [1.165, 1.54) is 12.1 Å². The van der Waals surface area contributed by atoms with E-state index in [2.05, 4.69) is 4.90 Å². The van der Waals surface area contributed by atoms with Gasteiger partial charge >= 0.3 is 0 Å². The van der Waals surface area contributed by atoms with E-state index in [4.69, 9.17) is 0 Å². The molecule has 31 heavy (non-hydrogen) atoms. The van der Waals surface area contributed by atoms with Crippen molar-refractivity contribution < 1.29 is 14.5 Å². The van der Waals surface area contributed by atoms with Gasteiger partial charge in [-0.1, -0.05) is 30.3 Å². The molecule has 2 aromatic carbocycles. The summed E-state index contributed by atoms with van der Waals surface area (Å²) in [6.07, 6.45) is 4.02. The molecule has 0 saturated heterocycles. The Hall–Kier alpha value is -3.54. The summed E-state index contributed by atoms with van der Waals surface area (Å²) in [4.78, 5) is 39.3. The lowest BCUT2D eigenvalue weighted by atomic mass is 9.71. The van der Waals surface area contributed by atoms with Crippen LogP contribution in [0.4, 0.5) is 11.4 Å². The summed E-state index contributed by atoms with van der Waals surface area (Å²) in [5.41, 5.74) is 5.03. The Morgan fingerprint density at radius 2 is 1.32 bits per heavy atom. The topological polar surface area (TPSA) is 80.5 Å². The van der Waals surface area contributed by atoms with Gasteiger partial charge in [-0.2, -0.15) is 0 Å². The van der Waals surface area contributed by atoms with Crippen molar-refractivity contribution in [3.63, 3.8) is 0 Å². The Morgan fingerprint density at radius 1 is 0.774 bits per heavy atom. The zero-order chi connectivity index (χ0) is 21.5. The van der Waals surface area contributed by atoms with Crippen LogP contribution in [0.5, 0.6) is 0 Å². The number of hydrogen-bond donors (Lipinski definition) is 0. The SMILES string of the molecule is O=C1CCCC2=C1C(c1ccc([N+](=O)[O-])cc1)C1=C(CCCC1=O)N2c1ccccc1. The van der Waals surface area contributed by atoms with Gasteiger partial charge in [-0.15, -0.1) is 0 Å². The van der Waals surface area contributed by atoms with Gasteiger partial charge in [-0.25, -0.2) is 0 Å². The fourth-order valence-electron chi connectivity index (χ4n) is 5.13.